The van der Waals surface area contributed by atoms with Crippen molar-refractivity contribution in [1.29, 1.82) is 0 Å². The molecule has 0 aliphatic carbocycles. The molecule has 0 amide bonds. The van der Waals surface area contributed by atoms with Crippen LogP contribution in [0.25, 0.3) is 0 Å². The highest BCUT2D eigenvalue weighted by atomic mass is 19.1. The average Bonchev–Trinajstić information content (AvgIpc) is 3.04. The average molecular weight is 344 g/mol. The fraction of sp³-hybridized carbons (Fsp3) is 0.444. The number of aryl methyl sites for hydroxylation is 2. The van der Waals surface area contributed by atoms with Gasteiger partial charge in [0.15, 0.2) is 5.96 Å². The van der Waals surface area contributed by atoms with Crippen LogP contribution < -0.4 is 10.6 Å². The van der Waals surface area contributed by atoms with E-state index in [1.165, 1.54) is 17.7 Å². The van der Waals surface area contributed by atoms with Crippen molar-refractivity contribution >= 4 is 11.6 Å². The minimum atomic E-state index is -0.204. The lowest BCUT2D eigenvalue weighted by atomic mass is 10.1. The van der Waals surface area contributed by atoms with Crippen LogP contribution in [0.4, 0.5) is 10.1 Å². The Morgan fingerprint density at radius 2 is 1.96 bits per heavy atom. The molecule has 0 saturated carbocycles. The van der Waals surface area contributed by atoms with E-state index in [4.69, 9.17) is 5.73 Å². The van der Waals surface area contributed by atoms with Crippen molar-refractivity contribution in [2.75, 3.05) is 37.6 Å². The summed E-state index contributed by atoms with van der Waals surface area (Å²) in [6, 6.07) is 6.64. The van der Waals surface area contributed by atoms with Crippen molar-refractivity contribution in [2.24, 2.45) is 10.7 Å². The lowest BCUT2D eigenvalue weighted by Gasteiger charge is -2.36. The Hall–Kier alpha value is -2.57. The molecule has 3 rings (SSSR count). The van der Waals surface area contributed by atoms with Crippen LogP contribution >= 0.6 is 0 Å². The second kappa shape index (κ2) is 8.00. The van der Waals surface area contributed by atoms with Crippen LogP contribution in [0.2, 0.25) is 0 Å². The van der Waals surface area contributed by atoms with Gasteiger partial charge in [-0.3, -0.25) is 10.1 Å². The molecule has 1 aliphatic rings. The minimum Gasteiger partial charge on any atom is -0.370 e. The van der Waals surface area contributed by atoms with Gasteiger partial charge in [0.2, 0.25) is 0 Å². The number of benzene rings is 1. The lowest BCUT2D eigenvalue weighted by Crippen LogP contribution is -2.51. The molecule has 0 atom stereocenters. The number of rotatable bonds is 5. The van der Waals surface area contributed by atoms with Gasteiger partial charge in [-0.05, 0) is 49.6 Å². The number of hydrogen-bond donors (Lipinski definition) is 2. The normalized spacial score (nSPS) is 15.7. The second-order valence-corrected chi connectivity index (χ2v) is 6.31. The number of nitrogens with zero attached hydrogens (tertiary/aromatic N) is 4. The topological polar surface area (TPSA) is 73.5 Å². The summed E-state index contributed by atoms with van der Waals surface area (Å²) in [6.45, 7) is 6.11. The maximum atomic E-state index is 13.0. The first-order valence-corrected chi connectivity index (χ1v) is 8.68. The molecule has 2 heterocycles. The van der Waals surface area contributed by atoms with Crippen LogP contribution in [0.3, 0.4) is 0 Å². The Bertz CT molecular complexity index is 701. The molecule has 1 aliphatic heterocycles. The summed E-state index contributed by atoms with van der Waals surface area (Å²) in [6.07, 6.45) is 3.78. The molecule has 2 aromatic rings. The number of halogens is 1. The molecule has 134 valence electrons. The van der Waals surface area contributed by atoms with Gasteiger partial charge in [-0.15, -0.1) is 0 Å². The first kappa shape index (κ1) is 17.3. The van der Waals surface area contributed by atoms with Gasteiger partial charge in [-0.1, -0.05) is 0 Å². The maximum Gasteiger partial charge on any atom is 0.191 e. The standard InChI is InChI=1S/C18H25FN6/c1-14-15(13-22-23-14)3-2-8-21-18(20)25-11-9-24(10-12-25)17-6-4-16(19)5-7-17/h4-7,13H,2-3,8-12H2,1H3,(H2,20,21)(H,22,23). The fourth-order valence-electron chi connectivity index (χ4n) is 3.04. The number of aliphatic imine (C=N–C) groups is 1. The highest BCUT2D eigenvalue weighted by Crippen LogP contribution is 2.16. The molecule has 6 nitrogen and oxygen atoms in total. The fourth-order valence-corrected chi connectivity index (χ4v) is 3.04. The Labute approximate surface area is 147 Å². The lowest BCUT2D eigenvalue weighted by molar-refractivity contribution is 0.380. The van der Waals surface area contributed by atoms with Gasteiger partial charge >= 0.3 is 0 Å². The van der Waals surface area contributed by atoms with Crippen molar-refractivity contribution in [3.63, 3.8) is 0 Å². The van der Waals surface area contributed by atoms with Crippen LogP contribution in [0, 0.1) is 12.7 Å². The van der Waals surface area contributed by atoms with E-state index in [9.17, 15) is 4.39 Å². The summed E-state index contributed by atoms with van der Waals surface area (Å²) in [7, 11) is 0. The predicted molar refractivity (Wildman–Crippen MR) is 98.3 cm³/mol. The summed E-state index contributed by atoms with van der Waals surface area (Å²) >= 11 is 0. The first-order valence-electron chi connectivity index (χ1n) is 8.68. The number of aromatic nitrogens is 2. The van der Waals surface area contributed by atoms with Gasteiger partial charge in [0.05, 0.1) is 6.20 Å². The second-order valence-electron chi connectivity index (χ2n) is 6.31. The third-order valence-electron chi connectivity index (χ3n) is 4.61. The Balaban J connectivity index is 1.43. The van der Waals surface area contributed by atoms with Gasteiger partial charge in [-0.25, -0.2) is 4.39 Å². The molecule has 1 aromatic heterocycles. The number of H-pyrrole nitrogens is 1. The molecule has 1 fully saturated rings. The smallest absolute Gasteiger partial charge is 0.191 e. The van der Waals surface area contributed by atoms with E-state index in [-0.39, 0.29) is 5.82 Å². The molecule has 7 heteroatoms. The zero-order valence-corrected chi connectivity index (χ0v) is 14.6. The number of aromatic amines is 1. The van der Waals surface area contributed by atoms with Gasteiger partial charge < -0.3 is 15.5 Å². The van der Waals surface area contributed by atoms with E-state index in [0.717, 1.165) is 50.4 Å². The molecule has 0 radical (unpaired) electrons. The molecule has 25 heavy (non-hydrogen) atoms. The Morgan fingerprint density at radius 3 is 2.60 bits per heavy atom. The molecule has 0 bridgehead atoms. The number of nitrogens with two attached hydrogens (primary N) is 1. The molecule has 3 N–H and O–H groups in total. The minimum absolute atomic E-state index is 0.204. The van der Waals surface area contributed by atoms with Gasteiger partial charge in [0.1, 0.15) is 5.82 Å². The SMILES string of the molecule is Cc1[nH]ncc1CCCN=C(N)N1CCN(c2ccc(F)cc2)CC1. The summed E-state index contributed by atoms with van der Waals surface area (Å²) in [5.41, 5.74) is 9.54. The van der Waals surface area contributed by atoms with Gasteiger partial charge in [0.25, 0.3) is 0 Å². The highest BCUT2D eigenvalue weighted by Gasteiger charge is 2.18. The molecule has 0 unspecified atom stereocenters. The zero-order valence-electron chi connectivity index (χ0n) is 14.6. The number of hydrogen-bond acceptors (Lipinski definition) is 3. The summed E-state index contributed by atoms with van der Waals surface area (Å²) in [5, 5.41) is 6.97. The van der Waals surface area contributed by atoms with Crippen molar-refractivity contribution < 1.29 is 4.39 Å². The van der Waals surface area contributed by atoms with Crippen molar-refractivity contribution in [2.45, 2.75) is 19.8 Å². The van der Waals surface area contributed by atoms with Crippen molar-refractivity contribution in [1.82, 2.24) is 15.1 Å². The van der Waals surface area contributed by atoms with Gasteiger partial charge in [0, 0.05) is 44.1 Å². The molecule has 0 spiro atoms. The predicted octanol–water partition coefficient (Wildman–Crippen LogP) is 1.93. The van der Waals surface area contributed by atoms with E-state index in [1.54, 1.807) is 0 Å². The van der Waals surface area contributed by atoms with Crippen molar-refractivity contribution in [3.8, 4) is 0 Å². The van der Waals surface area contributed by atoms with E-state index in [2.05, 4.69) is 25.0 Å². The third-order valence-corrected chi connectivity index (χ3v) is 4.61. The van der Waals surface area contributed by atoms with E-state index < -0.39 is 0 Å². The van der Waals surface area contributed by atoms with Crippen LogP contribution in [0.1, 0.15) is 17.7 Å². The monoisotopic (exact) mass is 344 g/mol. The van der Waals surface area contributed by atoms with Crippen LogP contribution in [0.5, 0.6) is 0 Å². The van der Waals surface area contributed by atoms with Gasteiger partial charge in [-0.2, -0.15) is 5.10 Å². The molecular formula is C18H25FN6. The Morgan fingerprint density at radius 1 is 1.24 bits per heavy atom. The maximum absolute atomic E-state index is 13.0. The quantitative estimate of drug-likeness (QED) is 0.494. The number of anilines is 1. The van der Waals surface area contributed by atoms with Crippen LogP contribution in [-0.4, -0.2) is 53.8 Å². The van der Waals surface area contributed by atoms with Crippen molar-refractivity contribution in [3.05, 3.63) is 47.5 Å². The number of piperazine rings is 1. The van der Waals surface area contributed by atoms with E-state index >= 15 is 0 Å². The van der Waals surface area contributed by atoms with E-state index in [1.807, 2.05) is 25.3 Å². The number of nitrogens with one attached hydrogen (secondary N) is 1. The third kappa shape index (κ3) is 4.49. The molecule has 1 saturated heterocycles. The number of guanidine groups is 1. The molecular weight excluding hydrogens is 319 g/mol. The summed E-state index contributed by atoms with van der Waals surface area (Å²) in [5.74, 6) is 0.409. The highest BCUT2D eigenvalue weighted by molar-refractivity contribution is 5.78. The largest absolute Gasteiger partial charge is 0.370 e. The van der Waals surface area contributed by atoms with Crippen LogP contribution in [-0.2, 0) is 6.42 Å². The first-order chi connectivity index (χ1) is 12.1. The van der Waals surface area contributed by atoms with Crippen LogP contribution in [0.15, 0.2) is 35.5 Å². The summed E-state index contributed by atoms with van der Waals surface area (Å²) < 4.78 is 13.0. The molecule has 1 aromatic carbocycles. The Kier molecular flexibility index (Phi) is 5.53. The summed E-state index contributed by atoms with van der Waals surface area (Å²) in [4.78, 5) is 8.86. The zero-order chi connectivity index (χ0) is 17.6. The van der Waals surface area contributed by atoms with E-state index in [0.29, 0.717) is 12.5 Å².